The molecule has 1 rings (SSSR count). The highest BCUT2D eigenvalue weighted by Gasteiger charge is 2.38. The third-order valence-corrected chi connectivity index (χ3v) is 4.01. The van der Waals surface area contributed by atoms with E-state index in [9.17, 15) is 4.79 Å². The normalized spacial score (nSPS) is 28.6. The van der Waals surface area contributed by atoms with Gasteiger partial charge in [0.05, 0.1) is 12.5 Å². The number of esters is 1. The Morgan fingerprint density at radius 2 is 1.94 bits per heavy atom. The van der Waals surface area contributed by atoms with E-state index in [0.717, 1.165) is 18.8 Å². The largest absolute Gasteiger partial charge is 0.469 e. The van der Waals surface area contributed by atoms with E-state index < -0.39 is 0 Å². The molecular formula is C15H26O2. The first-order valence-corrected chi connectivity index (χ1v) is 6.70. The SMILES string of the molecule is COC(=O)C1(C)CCC(CCC=C(C)C)CC1. The molecule has 0 radical (unpaired) electrons. The standard InChI is InChI=1S/C15H26O2/c1-12(2)6-5-7-13-8-10-15(3,11-9-13)14(16)17-4/h6,13H,5,7-11H2,1-4H3. The Kier molecular flexibility index (Phi) is 5.23. The van der Waals surface area contributed by atoms with Crippen molar-refractivity contribution in [1.29, 1.82) is 0 Å². The van der Waals surface area contributed by atoms with Gasteiger partial charge in [-0.1, -0.05) is 11.6 Å². The molecular weight excluding hydrogens is 212 g/mol. The van der Waals surface area contributed by atoms with Gasteiger partial charge in [-0.15, -0.1) is 0 Å². The van der Waals surface area contributed by atoms with Crippen molar-refractivity contribution in [3.05, 3.63) is 11.6 Å². The van der Waals surface area contributed by atoms with Crippen LogP contribution in [0.25, 0.3) is 0 Å². The average Bonchev–Trinajstić information content (AvgIpc) is 2.30. The smallest absolute Gasteiger partial charge is 0.311 e. The molecule has 0 saturated heterocycles. The van der Waals surface area contributed by atoms with Crippen LogP contribution in [-0.4, -0.2) is 13.1 Å². The van der Waals surface area contributed by atoms with E-state index in [1.807, 2.05) is 6.92 Å². The topological polar surface area (TPSA) is 26.3 Å². The van der Waals surface area contributed by atoms with Crippen molar-refractivity contribution >= 4 is 5.97 Å². The molecule has 0 atom stereocenters. The van der Waals surface area contributed by atoms with Gasteiger partial charge in [0.2, 0.25) is 0 Å². The van der Waals surface area contributed by atoms with Crippen molar-refractivity contribution < 1.29 is 9.53 Å². The Balaban J connectivity index is 2.35. The molecule has 0 bridgehead atoms. The van der Waals surface area contributed by atoms with Crippen LogP contribution in [0.4, 0.5) is 0 Å². The summed E-state index contributed by atoms with van der Waals surface area (Å²) in [6.45, 7) is 6.34. The van der Waals surface area contributed by atoms with E-state index in [-0.39, 0.29) is 11.4 Å². The maximum atomic E-state index is 11.7. The number of hydrogen-bond donors (Lipinski definition) is 0. The van der Waals surface area contributed by atoms with Gasteiger partial charge in [-0.25, -0.2) is 0 Å². The summed E-state index contributed by atoms with van der Waals surface area (Å²) >= 11 is 0. The number of rotatable bonds is 4. The van der Waals surface area contributed by atoms with Gasteiger partial charge in [-0.3, -0.25) is 4.79 Å². The zero-order valence-corrected chi connectivity index (χ0v) is 11.7. The molecule has 2 nitrogen and oxygen atoms in total. The Morgan fingerprint density at radius 3 is 2.41 bits per heavy atom. The van der Waals surface area contributed by atoms with Crippen LogP contribution in [0, 0.1) is 11.3 Å². The molecule has 0 aromatic heterocycles. The van der Waals surface area contributed by atoms with Crippen molar-refractivity contribution in [2.75, 3.05) is 7.11 Å². The van der Waals surface area contributed by atoms with Crippen LogP contribution in [0.1, 0.15) is 59.3 Å². The van der Waals surface area contributed by atoms with E-state index in [2.05, 4.69) is 19.9 Å². The first-order chi connectivity index (χ1) is 7.98. The Morgan fingerprint density at radius 1 is 1.35 bits per heavy atom. The molecule has 0 spiro atoms. The van der Waals surface area contributed by atoms with Gasteiger partial charge in [0.15, 0.2) is 0 Å². The maximum Gasteiger partial charge on any atom is 0.311 e. The third kappa shape index (κ3) is 4.18. The van der Waals surface area contributed by atoms with Gasteiger partial charge >= 0.3 is 5.97 Å². The van der Waals surface area contributed by atoms with Crippen LogP contribution in [-0.2, 0) is 9.53 Å². The zero-order chi connectivity index (χ0) is 12.9. The molecule has 17 heavy (non-hydrogen) atoms. The minimum Gasteiger partial charge on any atom is -0.469 e. The lowest BCUT2D eigenvalue weighted by molar-refractivity contribution is -0.154. The number of methoxy groups -OCH3 is 1. The van der Waals surface area contributed by atoms with Crippen molar-refractivity contribution in [1.82, 2.24) is 0 Å². The molecule has 0 aromatic carbocycles. The van der Waals surface area contributed by atoms with Crippen LogP contribution in [0.15, 0.2) is 11.6 Å². The van der Waals surface area contributed by atoms with E-state index in [0.29, 0.717) is 0 Å². The van der Waals surface area contributed by atoms with Crippen LogP contribution < -0.4 is 0 Å². The molecule has 0 amide bonds. The second-order valence-corrected chi connectivity index (χ2v) is 5.85. The quantitative estimate of drug-likeness (QED) is 0.544. The summed E-state index contributed by atoms with van der Waals surface area (Å²) in [5, 5.41) is 0. The molecule has 2 heteroatoms. The lowest BCUT2D eigenvalue weighted by Crippen LogP contribution is -2.33. The molecule has 0 unspecified atom stereocenters. The summed E-state index contributed by atoms with van der Waals surface area (Å²) in [6.07, 6.45) is 9.07. The number of hydrogen-bond acceptors (Lipinski definition) is 2. The summed E-state index contributed by atoms with van der Waals surface area (Å²) in [5.41, 5.74) is 1.18. The second kappa shape index (κ2) is 6.23. The molecule has 1 aliphatic rings. The second-order valence-electron chi connectivity index (χ2n) is 5.85. The average molecular weight is 238 g/mol. The molecule has 0 aliphatic heterocycles. The predicted molar refractivity (Wildman–Crippen MR) is 70.7 cm³/mol. The van der Waals surface area contributed by atoms with E-state index in [1.54, 1.807) is 0 Å². The van der Waals surface area contributed by atoms with E-state index in [1.165, 1.54) is 38.4 Å². The molecule has 1 fully saturated rings. The lowest BCUT2D eigenvalue weighted by Gasteiger charge is -2.34. The Labute approximate surface area is 105 Å². The summed E-state index contributed by atoms with van der Waals surface area (Å²) in [5.74, 6) is 0.767. The van der Waals surface area contributed by atoms with Gasteiger partial charge in [0.25, 0.3) is 0 Å². The third-order valence-electron chi connectivity index (χ3n) is 4.01. The van der Waals surface area contributed by atoms with Gasteiger partial charge in [0.1, 0.15) is 0 Å². The molecule has 98 valence electrons. The van der Waals surface area contributed by atoms with E-state index >= 15 is 0 Å². The highest BCUT2D eigenvalue weighted by Crippen LogP contribution is 2.40. The first-order valence-electron chi connectivity index (χ1n) is 6.70. The van der Waals surface area contributed by atoms with E-state index in [4.69, 9.17) is 4.74 Å². The molecule has 0 N–H and O–H groups in total. The molecule has 1 aliphatic carbocycles. The molecule has 0 heterocycles. The van der Waals surface area contributed by atoms with Crippen molar-refractivity contribution in [2.45, 2.75) is 59.3 Å². The van der Waals surface area contributed by atoms with Crippen molar-refractivity contribution in [2.24, 2.45) is 11.3 Å². The number of allylic oxidation sites excluding steroid dienone is 2. The Bertz CT molecular complexity index is 279. The minimum absolute atomic E-state index is 0.0275. The van der Waals surface area contributed by atoms with Crippen molar-refractivity contribution in [3.8, 4) is 0 Å². The predicted octanol–water partition coefficient (Wildman–Crippen LogP) is 4.10. The Hall–Kier alpha value is -0.790. The number of carbonyl (C=O) groups excluding carboxylic acids is 1. The molecule has 1 saturated carbocycles. The van der Waals surface area contributed by atoms with Gasteiger partial charge in [-0.05, 0) is 65.2 Å². The fraction of sp³-hybridized carbons (Fsp3) is 0.800. The van der Waals surface area contributed by atoms with Crippen LogP contribution in [0.5, 0.6) is 0 Å². The van der Waals surface area contributed by atoms with Crippen LogP contribution >= 0.6 is 0 Å². The fourth-order valence-corrected chi connectivity index (χ4v) is 2.66. The fourth-order valence-electron chi connectivity index (χ4n) is 2.66. The summed E-state index contributed by atoms with van der Waals surface area (Å²) in [6, 6.07) is 0. The summed E-state index contributed by atoms with van der Waals surface area (Å²) in [4.78, 5) is 11.7. The number of ether oxygens (including phenoxy) is 1. The summed E-state index contributed by atoms with van der Waals surface area (Å²) < 4.78 is 4.89. The van der Waals surface area contributed by atoms with Gasteiger partial charge in [0, 0.05) is 0 Å². The first kappa shape index (κ1) is 14.3. The maximum absolute atomic E-state index is 11.7. The highest BCUT2D eigenvalue weighted by atomic mass is 16.5. The summed E-state index contributed by atoms with van der Waals surface area (Å²) in [7, 11) is 1.49. The monoisotopic (exact) mass is 238 g/mol. The highest BCUT2D eigenvalue weighted by molar-refractivity contribution is 5.76. The minimum atomic E-state index is -0.220. The van der Waals surface area contributed by atoms with Gasteiger partial charge in [-0.2, -0.15) is 0 Å². The van der Waals surface area contributed by atoms with Crippen molar-refractivity contribution in [3.63, 3.8) is 0 Å². The van der Waals surface area contributed by atoms with Crippen LogP contribution in [0.3, 0.4) is 0 Å². The van der Waals surface area contributed by atoms with Crippen LogP contribution in [0.2, 0.25) is 0 Å². The zero-order valence-electron chi connectivity index (χ0n) is 11.7. The van der Waals surface area contributed by atoms with Gasteiger partial charge < -0.3 is 4.74 Å². The number of carbonyl (C=O) groups is 1. The molecule has 0 aromatic rings. The lowest BCUT2D eigenvalue weighted by atomic mass is 9.71.